The molecule has 32 heavy (non-hydrogen) atoms. The van der Waals surface area contributed by atoms with Crippen LogP contribution in [0.15, 0.2) is 66.7 Å². The summed E-state index contributed by atoms with van der Waals surface area (Å²) in [6, 6.07) is 20.1. The van der Waals surface area contributed by atoms with Gasteiger partial charge < -0.3 is 19.7 Å². The molecule has 0 unspecified atom stereocenters. The fraction of sp³-hybridized carbons (Fsp3) is 0.231. The summed E-state index contributed by atoms with van der Waals surface area (Å²) in [4.78, 5) is 3.34. The largest absolute Gasteiger partial charge is 0.508 e. The molecule has 1 saturated heterocycles. The van der Waals surface area contributed by atoms with Crippen LogP contribution in [0.5, 0.6) is 28.7 Å². The summed E-state index contributed by atoms with van der Waals surface area (Å²) in [5.74, 6) is 2.73. The first-order valence-electron chi connectivity index (χ1n) is 10.8. The highest BCUT2D eigenvalue weighted by Crippen LogP contribution is 2.47. The molecule has 0 spiro atoms. The van der Waals surface area contributed by atoms with Crippen molar-refractivity contribution in [3.8, 4) is 39.2 Å². The molecule has 1 aromatic heterocycles. The van der Waals surface area contributed by atoms with E-state index in [0.29, 0.717) is 5.75 Å². The molecule has 2 N–H and O–H groups in total. The number of aromatic hydroxyl groups is 2. The number of benzene rings is 3. The van der Waals surface area contributed by atoms with Gasteiger partial charge in [0.1, 0.15) is 29.1 Å². The van der Waals surface area contributed by atoms with E-state index in [0.717, 1.165) is 51.7 Å². The number of ether oxygens (including phenoxy) is 2. The van der Waals surface area contributed by atoms with E-state index in [2.05, 4.69) is 11.8 Å². The Morgan fingerprint density at radius 3 is 2.31 bits per heavy atom. The Bertz CT molecular complexity index is 1210. The van der Waals surface area contributed by atoms with Crippen LogP contribution in [0, 0.1) is 0 Å². The molecule has 0 radical (unpaired) electrons. The Kier molecular flexibility index (Phi) is 5.64. The summed E-state index contributed by atoms with van der Waals surface area (Å²) in [6.07, 6.45) is 1.42. The molecule has 1 aliphatic rings. The first kappa shape index (κ1) is 20.7. The van der Waals surface area contributed by atoms with E-state index in [1.165, 1.54) is 6.42 Å². The summed E-state index contributed by atoms with van der Waals surface area (Å²) >= 11 is 1.55. The smallest absolute Gasteiger partial charge is 0.153 e. The molecule has 1 aliphatic heterocycles. The monoisotopic (exact) mass is 447 g/mol. The minimum Gasteiger partial charge on any atom is -0.508 e. The highest BCUT2D eigenvalue weighted by atomic mass is 32.1. The minimum absolute atomic E-state index is 0.217. The molecule has 0 atom stereocenters. The number of rotatable bonds is 7. The number of phenols is 2. The van der Waals surface area contributed by atoms with Crippen molar-refractivity contribution in [2.45, 2.75) is 19.4 Å². The maximum absolute atomic E-state index is 9.92. The molecule has 0 amide bonds. The lowest BCUT2D eigenvalue weighted by atomic mass is 10.1. The highest BCUT2D eigenvalue weighted by Gasteiger charge is 2.27. The summed E-state index contributed by atoms with van der Waals surface area (Å²) < 4.78 is 13.3. The van der Waals surface area contributed by atoms with Crippen molar-refractivity contribution in [2.24, 2.45) is 0 Å². The van der Waals surface area contributed by atoms with Gasteiger partial charge in [0.05, 0.1) is 4.88 Å². The summed E-state index contributed by atoms with van der Waals surface area (Å²) in [7, 11) is 0. The molecule has 0 aliphatic carbocycles. The third-order valence-electron chi connectivity index (χ3n) is 5.57. The maximum atomic E-state index is 9.92. The van der Waals surface area contributed by atoms with Gasteiger partial charge in [0, 0.05) is 23.2 Å². The van der Waals surface area contributed by atoms with Gasteiger partial charge >= 0.3 is 0 Å². The SMILES string of the molecule is CCCN1CC(Oc2ccc(Oc3c(-c4ccc(O)cc4)sc4cc(O)ccc34)cc2)C1. The molecule has 0 bridgehead atoms. The maximum Gasteiger partial charge on any atom is 0.153 e. The molecule has 2 heterocycles. The lowest BCUT2D eigenvalue weighted by Crippen LogP contribution is -2.53. The number of thiophene rings is 1. The van der Waals surface area contributed by atoms with E-state index in [1.54, 1.807) is 35.6 Å². The van der Waals surface area contributed by atoms with Crippen molar-refractivity contribution in [3.63, 3.8) is 0 Å². The van der Waals surface area contributed by atoms with E-state index in [4.69, 9.17) is 9.47 Å². The lowest BCUT2D eigenvalue weighted by molar-refractivity contribution is 0.0202. The topological polar surface area (TPSA) is 62.2 Å². The van der Waals surface area contributed by atoms with Gasteiger partial charge in [0.15, 0.2) is 5.75 Å². The van der Waals surface area contributed by atoms with Gasteiger partial charge in [-0.05, 0) is 85.3 Å². The molecule has 1 fully saturated rings. The number of hydrogen-bond acceptors (Lipinski definition) is 6. The van der Waals surface area contributed by atoms with Gasteiger partial charge in [-0.2, -0.15) is 0 Å². The predicted molar refractivity (Wildman–Crippen MR) is 128 cm³/mol. The number of nitrogens with zero attached hydrogens (tertiary/aromatic N) is 1. The van der Waals surface area contributed by atoms with Crippen LogP contribution < -0.4 is 9.47 Å². The normalized spacial score (nSPS) is 14.4. The van der Waals surface area contributed by atoms with Crippen LogP contribution >= 0.6 is 11.3 Å². The predicted octanol–water partition coefficient (Wildman–Crippen LogP) is 6.24. The Balaban J connectivity index is 1.38. The zero-order valence-corrected chi connectivity index (χ0v) is 18.6. The van der Waals surface area contributed by atoms with Crippen molar-refractivity contribution >= 4 is 21.4 Å². The van der Waals surface area contributed by atoms with Crippen molar-refractivity contribution in [3.05, 3.63) is 66.7 Å². The zero-order chi connectivity index (χ0) is 22.1. The van der Waals surface area contributed by atoms with E-state index >= 15 is 0 Å². The lowest BCUT2D eigenvalue weighted by Gasteiger charge is -2.38. The highest BCUT2D eigenvalue weighted by molar-refractivity contribution is 7.22. The zero-order valence-electron chi connectivity index (χ0n) is 17.8. The molecule has 4 aromatic rings. The van der Waals surface area contributed by atoms with E-state index in [9.17, 15) is 10.2 Å². The second-order valence-electron chi connectivity index (χ2n) is 8.06. The number of phenolic OH excluding ortho intramolecular Hbond substituents is 2. The molecule has 0 saturated carbocycles. The van der Waals surface area contributed by atoms with E-state index < -0.39 is 0 Å². The van der Waals surface area contributed by atoms with Gasteiger partial charge in [-0.3, -0.25) is 4.90 Å². The molecule has 164 valence electrons. The molecule has 5 rings (SSSR count). The van der Waals surface area contributed by atoms with Crippen LogP contribution in [0.3, 0.4) is 0 Å². The Morgan fingerprint density at radius 2 is 1.59 bits per heavy atom. The molecule has 5 nitrogen and oxygen atoms in total. The quantitative estimate of drug-likeness (QED) is 0.351. The van der Waals surface area contributed by atoms with E-state index in [-0.39, 0.29) is 17.6 Å². The third-order valence-corrected chi connectivity index (χ3v) is 6.75. The number of likely N-dealkylation sites (tertiary alicyclic amines) is 1. The second kappa shape index (κ2) is 8.73. The second-order valence-corrected chi connectivity index (χ2v) is 9.11. The fourth-order valence-corrected chi connectivity index (χ4v) is 5.13. The molecule has 3 aromatic carbocycles. The standard InChI is InChI=1S/C26H25NO4S/c1-2-13-27-15-22(16-27)30-20-8-10-21(11-9-20)31-25-23-12-7-19(29)14-24(23)32-26(25)17-3-5-18(28)6-4-17/h3-12,14,22,28-29H,2,13,15-16H2,1H3. The van der Waals surface area contributed by atoms with Crippen molar-refractivity contribution in [2.75, 3.05) is 19.6 Å². The number of hydrogen-bond donors (Lipinski definition) is 2. The van der Waals surface area contributed by atoms with Crippen molar-refractivity contribution in [1.82, 2.24) is 4.90 Å². The number of fused-ring (bicyclic) bond motifs is 1. The van der Waals surface area contributed by atoms with Crippen molar-refractivity contribution in [1.29, 1.82) is 0 Å². The first-order valence-corrected chi connectivity index (χ1v) is 11.6. The van der Waals surface area contributed by atoms with Gasteiger partial charge in [-0.1, -0.05) is 6.92 Å². The van der Waals surface area contributed by atoms with Gasteiger partial charge in [-0.15, -0.1) is 11.3 Å². The van der Waals surface area contributed by atoms with Crippen LogP contribution in [-0.2, 0) is 0 Å². The van der Waals surface area contributed by atoms with E-state index in [1.807, 2.05) is 42.5 Å². The molecule has 6 heteroatoms. The average molecular weight is 448 g/mol. The Morgan fingerprint density at radius 1 is 0.906 bits per heavy atom. The summed E-state index contributed by atoms with van der Waals surface area (Å²) in [5, 5.41) is 20.5. The summed E-state index contributed by atoms with van der Waals surface area (Å²) in [6.45, 7) is 5.29. The fourth-order valence-electron chi connectivity index (χ4n) is 3.96. The minimum atomic E-state index is 0.217. The molecular weight excluding hydrogens is 422 g/mol. The van der Waals surface area contributed by atoms with Gasteiger partial charge in [0.25, 0.3) is 0 Å². The first-order chi connectivity index (χ1) is 15.6. The van der Waals surface area contributed by atoms with Crippen LogP contribution in [-0.4, -0.2) is 40.9 Å². The van der Waals surface area contributed by atoms with Crippen molar-refractivity contribution < 1.29 is 19.7 Å². The van der Waals surface area contributed by atoms with Crippen LogP contribution in [0.4, 0.5) is 0 Å². The summed E-state index contributed by atoms with van der Waals surface area (Å²) in [5.41, 5.74) is 0.945. The van der Waals surface area contributed by atoms with Crippen LogP contribution in [0.25, 0.3) is 20.5 Å². The van der Waals surface area contributed by atoms with Gasteiger partial charge in [-0.25, -0.2) is 0 Å². The Hall–Kier alpha value is -3.22. The van der Waals surface area contributed by atoms with Crippen LogP contribution in [0.1, 0.15) is 13.3 Å². The molecular formula is C26H25NO4S. The van der Waals surface area contributed by atoms with Crippen LogP contribution in [0.2, 0.25) is 0 Å². The third kappa shape index (κ3) is 4.24. The Labute approximate surface area is 191 Å². The average Bonchev–Trinajstić information content (AvgIpc) is 3.11. The van der Waals surface area contributed by atoms with Gasteiger partial charge in [0.2, 0.25) is 0 Å².